The average Bonchev–Trinajstić information content (AvgIpc) is 2.86. The van der Waals surface area contributed by atoms with Gasteiger partial charge in [0.25, 0.3) is 17.4 Å². The number of ketones is 1. The Morgan fingerprint density at radius 2 is 1.65 bits per heavy atom. The quantitative estimate of drug-likeness (QED) is 0.301. The van der Waals surface area contributed by atoms with Crippen LogP contribution in [0.4, 0.5) is 5.69 Å². The summed E-state index contributed by atoms with van der Waals surface area (Å²) in [5.74, 6) is -1.79. The standard InChI is InChI=1S/C19H16N2O5/c1-11-3-5-13(6-4-11)17(22)15-16(20(2)19(24)18(15)23)12-7-9-14(10-8-12)21(25)26/h3-10,16,22H,1-2H3/b17-15+/t16-/m1/s1. The summed E-state index contributed by atoms with van der Waals surface area (Å²) in [5, 5.41) is 21.5. The molecule has 2 aromatic rings. The monoisotopic (exact) mass is 352 g/mol. The van der Waals surface area contributed by atoms with E-state index in [1.165, 1.54) is 36.2 Å². The number of nitro benzene ring substituents is 1. The van der Waals surface area contributed by atoms with Crippen LogP contribution in [0.3, 0.4) is 0 Å². The van der Waals surface area contributed by atoms with Gasteiger partial charge in [-0.15, -0.1) is 0 Å². The Balaban J connectivity index is 2.13. The Kier molecular flexibility index (Phi) is 4.29. The lowest BCUT2D eigenvalue weighted by molar-refractivity contribution is -0.384. The topological polar surface area (TPSA) is 101 Å². The van der Waals surface area contributed by atoms with Gasteiger partial charge in [0.1, 0.15) is 5.76 Å². The lowest BCUT2D eigenvalue weighted by Crippen LogP contribution is -2.24. The molecular weight excluding hydrogens is 336 g/mol. The van der Waals surface area contributed by atoms with Crippen molar-refractivity contribution in [2.45, 2.75) is 13.0 Å². The van der Waals surface area contributed by atoms with Crippen molar-refractivity contribution < 1.29 is 19.6 Å². The fourth-order valence-corrected chi connectivity index (χ4v) is 2.98. The van der Waals surface area contributed by atoms with Crippen LogP contribution in [0.15, 0.2) is 54.1 Å². The van der Waals surface area contributed by atoms with Crippen LogP contribution in [0.5, 0.6) is 0 Å². The third-order valence-electron chi connectivity index (χ3n) is 4.42. The van der Waals surface area contributed by atoms with E-state index < -0.39 is 22.7 Å². The fraction of sp³-hybridized carbons (Fsp3) is 0.158. The van der Waals surface area contributed by atoms with E-state index in [1.807, 2.05) is 6.92 Å². The van der Waals surface area contributed by atoms with Gasteiger partial charge in [-0.1, -0.05) is 29.8 Å². The number of aliphatic hydroxyl groups is 1. The number of carbonyl (C=O) groups excluding carboxylic acids is 2. The van der Waals surface area contributed by atoms with E-state index in [4.69, 9.17) is 0 Å². The number of likely N-dealkylation sites (tertiary alicyclic amines) is 1. The number of nitro groups is 1. The summed E-state index contributed by atoms with van der Waals surface area (Å²) >= 11 is 0. The molecule has 0 saturated carbocycles. The number of nitrogens with zero attached hydrogens (tertiary/aromatic N) is 2. The Morgan fingerprint density at radius 3 is 2.19 bits per heavy atom. The maximum atomic E-state index is 12.4. The second-order valence-corrected chi connectivity index (χ2v) is 6.12. The minimum absolute atomic E-state index is 0.0322. The molecule has 1 saturated heterocycles. The van der Waals surface area contributed by atoms with Gasteiger partial charge in [0.2, 0.25) is 0 Å². The second-order valence-electron chi connectivity index (χ2n) is 6.12. The maximum absolute atomic E-state index is 12.4. The minimum atomic E-state index is -0.808. The van der Waals surface area contributed by atoms with Gasteiger partial charge in [0.05, 0.1) is 16.5 Å². The summed E-state index contributed by atoms with van der Waals surface area (Å²) in [5.41, 5.74) is 1.79. The Labute approximate surface area is 149 Å². The van der Waals surface area contributed by atoms with Gasteiger partial charge < -0.3 is 10.0 Å². The van der Waals surface area contributed by atoms with E-state index in [2.05, 4.69) is 0 Å². The lowest BCUT2D eigenvalue weighted by Gasteiger charge is -2.20. The van der Waals surface area contributed by atoms with Crippen LogP contribution in [-0.4, -0.2) is 33.7 Å². The van der Waals surface area contributed by atoms with Gasteiger partial charge >= 0.3 is 0 Å². The minimum Gasteiger partial charge on any atom is -0.507 e. The van der Waals surface area contributed by atoms with Crippen LogP contribution in [0.25, 0.3) is 5.76 Å². The van der Waals surface area contributed by atoms with Crippen LogP contribution in [-0.2, 0) is 9.59 Å². The summed E-state index contributed by atoms with van der Waals surface area (Å²) in [6, 6.07) is 11.7. The summed E-state index contributed by atoms with van der Waals surface area (Å²) < 4.78 is 0. The van der Waals surface area contributed by atoms with E-state index in [0.717, 1.165) is 5.56 Å². The van der Waals surface area contributed by atoms with Crippen LogP contribution < -0.4 is 0 Å². The summed E-state index contributed by atoms with van der Waals surface area (Å²) in [6.07, 6.45) is 0. The summed E-state index contributed by atoms with van der Waals surface area (Å²) in [7, 11) is 1.46. The van der Waals surface area contributed by atoms with Gasteiger partial charge in [-0.25, -0.2) is 0 Å². The Morgan fingerprint density at radius 1 is 1.08 bits per heavy atom. The number of Topliss-reactive ketones (excluding diaryl/α,β-unsaturated/α-hetero) is 1. The average molecular weight is 352 g/mol. The molecular formula is C19H16N2O5. The molecule has 0 aliphatic carbocycles. The van der Waals surface area contributed by atoms with Crippen LogP contribution in [0.1, 0.15) is 22.7 Å². The molecule has 3 rings (SSSR count). The predicted molar refractivity (Wildman–Crippen MR) is 94.3 cm³/mol. The molecule has 1 amide bonds. The number of non-ortho nitro benzene ring substituents is 1. The highest BCUT2D eigenvalue weighted by Gasteiger charge is 2.44. The van der Waals surface area contributed by atoms with Crippen LogP contribution in [0, 0.1) is 17.0 Å². The van der Waals surface area contributed by atoms with Crippen LogP contribution >= 0.6 is 0 Å². The number of carbonyl (C=O) groups is 2. The first-order chi connectivity index (χ1) is 12.3. The molecule has 1 heterocycles. The van der Waals surface area contributed by atoms with Gasteiger partial charge in [0.15, 0.2) is 0 Å². The first-order valence-corrected chi connectivity index (χ1v) is 7.87. The SMILES string of the molecule is Cc1ccc(/C(O)=C2\C(=O)C(=O)N(C)[C@@H]2c2ccc([N+](=O)[O-])cc2)cc1. The molecule has 2 aromatic carbocycles. The van der Waals surface area contributed by atoms with Gasteiger partial charge in [-0.2, -0.15) is 0 Å². The number of hydrogen-bond acceptors (Lipinski definition) is 5. The van der Waals surface area contributed by atoms with Crippen molar-refractivity contribution in [2.75, 3.05) is 7.05 Å². The summed E-state index contributed by atoms with van der Waals surface area (Å²) in [4.78, 5) is 36.1. The fourth-order valence-electron chi connectivity index (χ4n) is 2.98. The highest BCUT2D eigenvalue weighted by atomic mass is 16.6. The largest absolute Gasteiger partial charge is 0.507 e. The molecule has 26 heavy (non-hydrogen) atoms. The van der Waals surface area contributed by atoms with E-state index in [1.54, 1.807) is 24.3 Å². The molecule has 7 heteroatoms. The second kappa shape index (κ2) is 6.44. The van der Waals surface area contributed by atoms with Crippen molar-refractivity contribution >= 4 is 23.1 Å². The number of amides is 1. The maximum Gasteiger partial charge on any atom is 0.295 e. The van der Waals surface area contributed by atoms with Crippen molar-refractivity contribution in [3.05, 3.63) is 80.9 Å². The van der Waals surface area contributed by atoms with Crippen molar-refractivity contribution in [1.29, 1.82) is 0 Å². The number of rotatable bonds is 3. The molecule has 0 bridgehead atoms. The molecule has 1 atom stereocenters. The Bertz CT molecular complexity index is 929. The number of likely N-dealkylation sites (N-methyl/N-ethyl adjacent to an activating group) is 1. The third-order valence-corrected chi connectivity index (χ3v) is 4.42. The van der Waals surface area contributed by atoms with E-state index in [0.29, 0.717) is 11.1 Å². The lowest BCUT2D eigenvalue weighted by atomic mass is 9.95. The predicted octanol–water partition coefficient (Wildman–Crippen LogP) is 2.95. The van der Waals surface area contributed by atoms with Crippen molar-refractivity contribution in [3.8, 4) is 0 Å². The Hall–Kier alpha value is -3.48. The van der Waals surface area contributed by atoms with Gasteiger partial charge in [-0.3, -0.25) is 19.7 Å². The number of hydrogen-bond donors (Lipinski definition) is 1. The van der Waals surface area contributed by atoms with Crippen molar-refractivity contribution in [2.24, 2.45) is 0 Å². The molecule has 1 N–H and O–H groups in total. The zero-order chi connectivity index (χ0) is 19.0. The van der Waals surface area contributed by atoms with Gasteiger partial charge in [0, 0.05) is 24.7 Å². The number of aliphatic hydroxyl groups excluding tert-OH is 1. The van der Waals surface area contributed by atoms with E-state index in [-0.39, 0.29) is 17.0 Å². The molecule has 0 aromatic heterocycles. The molecule has 1 aliphatic heterocycles. The summed E-state index contributed by atoms with van der Waals surface area (Å²) in [6.45, 7) is 1.89. The van der Waals surface area contributed by atoms with E-state index >= 15 is 0 Å². The molecule has 7 nitrogen and oxygen atoms in total. The molecule has 0 radical (unpaired) electrons. The third kappa shape index (κ3) is 2.83. The highest BCUT2D eigenvalue weighted by molar-refractivity contribution is 6.46. The van der Waals surface area contributed by atoms with Crippen molar-refractivity contribution in [3.63, 3.8) is 0 Å². The van der Waals surface area contributed by atoms with Crippen LogP contribution in [0.2, 0.25) is 0 Å². The number of aryl methyl sites for hydroxylation is 1. The zero-order valence-electron chi connectivity index (χ0n) is 14.2. The van der Waals surface area contributed by atoms with E-state index in [9.17, 15) is 24.8 Å². The zero-order valence-corrected chi connectivity index (χ0v) is 14.2. The first-order valence-electron chi connectivity index (χ1n) is 7.87. The normalized spacial score (nSPS) is 19.0. The smallest absolute Gasteiger partial charge is 0.295 e. The molecule has 132 valence electrons. The molecule has 1 fully saturated rings. The van der Waals surface area contributed by atoms with Crippen molar-refractivity contribution in [1.82, 2.24) is 4.90 Å². The first kappa shape index (κ1) is 17.3. The molecule has 0 unspecified atom stereocenters. The highest BCUT2D eigenvalue weighted by Crippen LogP contribution is 2.38. The molecule has 0 spiro atoms. The number of benzene rings is 2. The van der Waals surface area contributed by atoms with Gasteiger partial charge in [-0.05, 0) is 24.6 Å². The molecule has 1 aliphatic rings.